The Balaban J connectivity index is 1.91. The van der Waals surface area contributed by atoms with Crippen LogP contribution in [0.2, 0.25) is 0 Å². The van der Waals surface area contributed by atoms with Crippen molar-refractivity contribution in [3.05, 3.63) is 28.9 Å². The maximum atomic E-state index is 4.30. The molecule has 2 heterocycles. The number of nitrogens with zero attached hydrogens (tertiary/aromatic N) is 3. The summed E-state index contributed by atoms with van der Waals surface area (Å²) < 4.78 is 2.90. The standard InChI is InChI=1S/C10H11BrN4/c11-9-6-15-8(3-12-7-1-2-7)4-14-10(15)5-13-9/h4-7,12H,1-3H2. The predicted molar refractivity (Wildman–Crippen MR) is 60.5 cm³/mol. The molecule has 5 heteroatoms. The number of rotatable bonds is 3. The van der Waals surface area contributed by atoms with Crippen molar-refractivity contribution in [2.45, 2.75) is 25.4 Å². The Hall–Kier alpha value is -0.940. The largest absolute Gasteiger partial charge is 0.308 e. The van der Waals surface area contributed by atoms with E-state index in [0.29, 0.717) is 0 Å². The van der Waals surface area contributed by atoms with Gasteiger partial charge in [-0.2, -0.15) is 0 Å². The van der Waals surface area contributed by atoms with Crippen LogP contribution < -0.4 is 5.32 Å². The summed E-state index contributed by atoms with van der Waals surface area (Å²) in [5.74, 6) is 0. The zero-order valence-corrected chi connectivity index (χ0v) is 9.74. The van der Waals surface area contributed by atoms with Crippen molar-refractivity contribution < 1.29 is 0 Å². The van der Waals surface area contributed by atoms with Crippen LogP contribution in [0.25, 0.3) is 5.65 Å². The normalized spacial score (nSPS) is 16.1. The highest BCUT2D eigenvalue weighted by molar-refractivity contribution is 9.10. The third-order valence-electron chi connectivity index (χ3n) is 2.59. The molecule has 0 aliphatic heterocycles. The van der Waals surface area contributed by atoms with E-state index in [9.17, 15) is 0 Å². The minimum Gasteiger partial charge on any atom is -0.308 e. The summed E-state index contributed by atoms with van der Waals surface area (Å²) in [6.45, 7) is 0.877. The van der Waals surface area contributed by atoms with Gasteiger partial charge in [-0.15, -0.1) is 0 Å². The number of aromatic nitrogens is 3. The number of hydrogen-bond donors (Lipinski definition) is 1. The molecule has 3 rings (SSSR count). The molecule has 0 unspecified atom stereocenters. The van der Waals surface area contributed by atoms with Crippen LogP contribution in [0.15, 0.2) is 23.2 Å². The molecule has 2 aromatic rings. The van der Waals surface area contributed by atoms with E-state index in [1.54, 1.807) is 6.20 Å². The van der Waals surface area contributed by atoms with Crippen LogP contribution >= 0.6 is 15.9 Å². The summed E-state index contributed by atoms with van der Waals surface area (Å²) in [5.41, 5.74) is 2.07. The third-order valence-corrected chi connectivity index (χ3v) is 3.00. The lowest BCUT2D eigenvalue weighted by Gasteiger charge is -2.02. The Bertz CT molecular complexity index is 489. The van der Waals surface area contributed by atoms with E-state index in [1.165, 1.54) is 18.5 Å². The minimum atomic E-state index is 0.723. The van der Waals surface area contributed by atoms with Gasteiger partial charge in [-0.3, -0.25) is 4.40 Å². The van der Waals surface area contributed by atoms with Crippen LogP contribution in [0.4, 0.5) is 0 Å². The Morgan fingerprint density at radius 3 is 3.07 bits per heavy atom. The summed E-state index contributed by atoms with van der Waals surface area (Å²) in [5, 5.41) is 3.47. The van der Waals surface area contributed by atoms with Crippen molar-refractivity contribution in [2.24, 2.45) is 0 Å². The summed E-state index contributed by atoms with van der Waals surface area (Å²) in [6.07, 6.45) is 8.24. The molecular weight excluding hydrogens is 256 g/mol. The van der Waals surface area contributed by atoms with Crippen LogP contribution in [-0.2, 0) is 6.54 Å². The van der Waals surface area contributed by atoms with E-state index in [0.717, 1.165) is 22.8 Å². The number of nitrogens with one attached hydrogen (secondary N) is 1. The van der Waals surface area contributed by atoms with Gasteiger partial charge in [0.25, 0.3) is 0 Å². The Morgan fingerprint density at radius 1 is 1.40 bits per heavy atom. The summed E-state index contributed by atoms with van der Waals surface area (Å²) >= 11 is 3.36. The van der Waals surface area contributed by atoms with Crippen molar-refractivity contribution in [2.75, 3.05) is 0 Å². The van der Waals surface area contributed by atoms with Gasteiger partial charge in [0.15, 0.2) is 5.65 Å². The zero-order chi connectivity index (χ0) is 10.3. The molecule has 2 aromatic heterocycles. The van der Waals surface area contributed by atoms with Crippen molar-refractivity contribution in [1.29, 1.82) is 0 Å². The molecular formula is C10H11BrN4. The molecule has 0 atom stereocenters. The van der Waals surface area contributed by atoms with Crippen LogP contribution in [0.1, 0.15) is 18.5 Å². The van der Waals surface area contributed by atoms with Crippen LogP contribution in [-0.4, -0.2) is 20.4 Å². The highest BCUT2D eigenvalue weighted by Crippen LogP contribution is 2.19. The Morgan fingerprint density at radius 2 is 2.27 bits per heavy atom. The average molecular weight is 267 g/mol. The maximum Gasteiger partial charge on any atom is 0.155 e. The van der Waals surface area contributed by atoms with Crippen molar-refractivity contribution in [3.63, 3.8) is 0 Å². The van der Waals surface area contributed by atoms with Crippen molar-refractivity contribution in [3.8, 4) is 0 Å². The third kappa shape index (κ3) is 1.89. The van der Waals surface area contributed by atoms with Gasteiger partial charge in [0.1, 0.15) is 4.60 Å². The fourth-order valence-corrected chi connectivity index (χ4v) is 1.89. The van der Waals surface area contributed by atoms with E-state index < -0.39 is 0 Å². The fraction of sp³-hybridized carbons (Fsp3) is 0.400. The molecule has 1 aliphatic carbocycles. The van der Waals surface area contributed by atoms with E-state index in [-0.39, 0.29) is 0 Å². The van der Waals surface area contributed by atoms with Gasteiger partial charge < -0.3 is 5.32 Å². The van der Waals surface area contributed by atoms with Gasteiger partial charge in [0, 0.05) is 18.8 Å². The van der Waals surface area contributed by atoms with Crippen molar-refractivity contribution in [1.82, 2.24) is 19.7 Å². The Labute approximate surface area is 95.9 Å². The molecule has 1 aliphatic rings. The first kappa shape index (κ1) is 9.30. The second-order valence-electron chi connectivity index (χ2n) is 3.84. The van der Waals surface area contributed by atoms with E-state index in [4.69, 9.17) is 0 Å². The molecule has 78 valence electrons. The number of halogens is 1. The zero-order valence-electron chi connectivity index (χ0n) is 8.15. The van der Waals surface area contributed by atoms with Crippen LogP contribution in [0, 0.1) is 0 Å². The molecule has 4 nitrogen and oxygen atoms in total. The minimum absolute atomic E-state index is 0.723. The SMILES string of the molecule is Brc1cn2c(CNC3CC3)cnc2cn1. The highest BCUT2D eigenvalue weighted by Gasteiger charge is 2.20. The van der Waals surface area contributed by atoms with Gasteiger partial charge in [0.2, 0.25) is 0 Å². The van der Waals surface area contributed by atoms with Gasteiger partial charge in [-0.1, -0.05) is 0 Å². The lowest BCUT2D eigenvalue weighted by Crippen LogP contribution is -2.16. The number of hydrogen-bond acceptors (Lipinski definition) is 3. The van der Waals surface area contributed by atoms with Gasteiger partial charge in [-0.05, 0) is 28.8 Å². The maximum absolute atomic E-state index is 4.30. The average Bonchev–Trinajstić information content (AvgIpc) is 2.97. The molecule has 0 bridgehead atoms. The summed E-state index contributed by atoms with van der Waals surface area (Å²) in [4.78, 5) is 8.44. The van der Waals surface area contributed by atoms with Gasteiger partial charge >= 0.3 is 0 Å². The molecule has 1 N–H and O–H groups in total. The molecule has 15 heavy (non-hydrogen) atoms. The predicted octanol–water partition coefficient (Wildman–Crippen LogP) is 1.74. The lowest BCUT2D eigenvalue weighted by molar-refractivity contribution is 0.670. The molecule has 0 amide bonds. The summed E-state index contributed by atoms with van der Waals surface area (Å²) in [6, 6.07) is 0.723. The number of fused-ring (bicyclic) bond motifs is 1. The second kappa shape index (κ2) is 3.57. The van der Waals surface area contributed by atoms with E-state index in [2.05, 4.69) is 35.6 Å². The molecule has 0 radical (unpaired) electrons. The molecule has 0 aromatic carbocycles. The lowest BCUT2D eigenvalue weighted by atomic mass is 10.4. The quantitative estimate of drug-likeness (QED) is 0.921. The van der Waals surface area contributed by atoms with E-state index >= 15 is 0 Å². The molecule has 1 saturated carbocycles. The second-order valence-corrected chi connectivity index (χ2v) is 4.66. The Kier molecular flexibility index (Phi) is 2.21. The number of imidazole rings is 1. The van der Waals surface area contributed by atoms with Gasteiger partial charge in [0.05, 0.1) is 18.1 Å². The van der Waals surface area contributed by atoms with Gasteiger partial charge in [-0.25, -0.2) is 9.97 Å². The first-order valence-corrected chi connectivity index (χ1v) is 5.83. The first-order valence-electron chi connectivity index (χ1n) is 5.04. The first-order chi connectivity index (χ1) is 7.33. The van der Waals surface area contributed by atoms with E-state index in [1.807, 2.05) is 12.4 Å². The molecule has 1 fully saturated rings. The topological polar surface area (TPSA) is 42.2 Å². The van der Waals surface area contributed by atoms with Crippen LogP contribution in [0.5, 0.6) is 0 Å². The summed E-state index contributed by atoms with van der Waals surface area (Å²) in [7, 11) is 0. The molecule has 0 saturated heterocycles. The van der Waals surface area contributed by atoms with Crippen molar-refractivity contribution >= 4 is 21.6 Å². The highest BCUT2D eigenvalue weighted by atomic mass is 79.9. The molecule has 0 spiro atoms. The van der Waals surface area contributed by atoms with Crippen LogP contribution in [0.3, 0.4) is 0 Å². The monoisotopic (exact) mass is 266 g/mol. The fourth-order valence-electron chi connectivity index (χ4n) is 1.58. The smallest absolute Gasteiger partial charge is 0.155 e.